The van der Waals surface area contributed by atoms with Gasteiger partial charge in [-0.15, -0.1) is 0 Å². The van der Waals surface area contributed by atoms with Gasteiger partial charge < -0.3 is 16.4 Å². The van der Waals surface area contributed by atoms with Crippen molar-refractivity contribution in [1.82, 2.24) is 10.3 Å². The SMILES string of the molecule is CCNC(=O)C(C)Nc1nc2c(cc1C(N)=S)CCC2. The minimum Gasteiger partial charge on any atom is -0.389 e. The van der Waals surface area contributed by atoms with Gasteiger partial charge in [-0.3, -0.25) is 4.79 Å². The van der Waals surface area contributed by atoms with Gasteiger partial charge >= 0.3 is 0 Å². The van der Waals surface area contributed by atoms with E-state index >= 15 is 0 Å². The molecule has 5 nitrogen and oxygen atoms in total. The molecule has 1 heterocycles. The Labute approximate surface area is 124 Å². The van der Waals surface area contributed by atoms with Gasteiger partial charge in [0.25, 0.3) is 0 Å². The zero-order valence-corrected chi connectivity index (χ0v) is 12.6. The highest BCUT2D eigenvalue weighted by atomic mass is 32.1. The Balaban J connectivity index is 2.26. The lowest BCUT2D eigenvalue weighted by molar-refractivity contribution is -0.121. The summed E-state index contributed by atoms with van der Waals surface area (Å²) in [5, 5.41) is 5.89. The number of carbonyl (C=O) groups excluding carboxylic acids is 1. The van der Waals surface area contributed by atoms with Crippen LogP contribution in [0.15, 0.2) is 6.07 Å². The van der Waals surface area contributed by atoms with Crippen LogP contribution in [-0.2, 0) is 17.6 Å². The number of aromatic nitrogens is 1. The van der Waals surface area contributed by atoms with Crippen LogP contribution in [0.1, 0.15) is 37.1 Å². The summed E-state index contributed by atoms with van der Waals surface area (Å²) in [6.07, 6.45) is 3.09. The fraction of sp³-hybridized carbons (Fsp3) is 0.500. The number of fused-ring (bicyclic) bond motifs is 1. The third kappa shape index (κ3) is 3.07. The van der Waals surface area contributed by atoms with Crippen molar-refractivity contribution >= 4 is 28.9 Å². The first-order valence-electron chi connectivity index (χ1n) is 6.89. The standard InChI is InChI=1S/C14H20N4OS/c1-3-16-14(19)8(2)17-13-10(12(15)20)7-9-5-4-6-11(9)18-13/h7-8H,3-6H2,1-2H3,(H2,15,20)(H,16,19)(H,17,18). The Bertz CT molecular complexity index is 544. The fourth-order valence-electron chi connectivity index (χ4n) is 2.37. The summed E-state index contributed by atoms with van der Waals surface area (Å²) in [4.78, 5) is 16.7. The van der Waals surface area contributed by atoms with Gasteiger partial charge in [-0.1, -0.05) is 12.2 Å². The van der Waals surface area contributed by atoms with Crippen LogP contribution < -0.4 is 16.4 Å². The zero-order valence-electron chi connectivity index (χ0n) is 11.8. The van der Waals surface area contributed by atoms with Crippen molar-refractivity contribution in [1.29, 1.82) is 0 Å². The monoisotopic (exact) mass is 292 g/mol. The van der Waals surface area contributed by atoms with Crippen LogP contribution in [0.5, 0.6) is 0 Å². The van der Waals surface area contributed by atoms with Crippen molar-refractivity contribution in [2.24, 2.45) is 5.73 Å². The molecule has 1 unspecified atom stereocenters. The van der Waals surface area contributed by atoms with E-state index in [0.29, 0.717) is 17.4 Å². The first kappa shape index (κ1) is 14.7. The first-order valence-corrected chi connectivity index (χ1v) is 7.30. The van der Waals surface area contributed by atoms with E-state index in [9.17, 15) is 4.79 Å². The average Bonchev–Trinajstić information content (AvgIpc) is 2.84. The van der Waals surface area contributed by atoms with Crippen LogP contribution in [-0.4, -0.2) is 28.5 Å². The minimum atomic E-state index is -0.380. The molecule has 0 saturated heterocycles. The molecule has 1 amide bonds. The van der Waals surface area contributed by atoms with Crippen molar-refractivity contribution < 1.29 is 4.79 Å². The molecule has 1 aliphatic rings. The molecule has 1 aromatic heterocycles. The minimum absolute atomic E-state index is 0.0660. The largest absolute Gasteiger partial charge is 0.389 e. The number of carbonyl (C=O) groups is 1. The molecule has 6 heteroatoms. The molecule has 0 spiro atoms. The van der Waals surface area contributed by atoms with Gasteiger partial charge in [0.05, 0.1) is 5.56 Å². The number of amides is 1. The molecular formula is C14H20N4OS. The molecule has 0 aliphatic heterocycles. The number of anilines is 1. The van der Waals surface area contributed by atoms with E-state index in [4.69, 9.17) is 18.0 Å². The number of pyridine rings is 1. The molecule has 108 valence electrons. The van der Waals surface area contributed by atoms with Gasteiger partial charge in [0.1, 0.15) is 16.8 Å². The van der Waals surface area contributed by atoms with E-state index < -0.39 is 0 Å². The summed E-state index contributed by atoms with van der Waals surface area (Å²) < 4.78 is 0. The van der Waals surface area contributed by atoms with E-state index in [1.807, 2.05) is 13.0 Å². The molecule has 0 saturated carbocycles. The second kappa shape index (κ2) is 6.17. The smallest absolute Gasteiger partial charge is 0.242 e. The van der Waals surface area contributed by atoms with Gasteiger partial charge in [0.15, 0.2) is 0 Å². The topological polar surface area (TPSA) is 80.0 Å². The number of likely N-dealkylation sites (N-methyl/N-ethyl adjacent to an activating group) is 1. The number of nitrogens with zero attached hydrogens (tertiary/aromatic N) is 1. The van der Waals surface area contributed by atoms with Gasteiger partial charge in [0.2, 0.25) is 5.91 Å². The third-order valence-corrected chi connectivity index (χ3v) is 3.63. The molecule has 0 radical (unpaired) electrons. The highest BCUT2D eigenvalue weighted by Gasteiger charge is 2.20. The molecule has 4 N–H and O–H groups in total. The van der Waals surface area contributed by atoms with E-state index in [1.54, 1.807) is 6.92 Å². The van der Waals surface area contributed by atoms with Crippen molar-refractivity contribution in [2.75, 3.05) is 11.9 Å². The highest BCUT2D eigenvalue weighted by molar-refractivity contribution is 7.80. The van der Waals surface area contributed by atoms with E-state index in [0.717, 1.165) is 30.5 Å². The first-order chi connectivity index (χ1) is 9.52. The van der Waals surface area contributed by atoms with Gasteiger partial charge in [0, 0.05) is 12.2 Å². The maximum Gasteiger partial charge on any atom is 0.242 e. The van der Waals surface area contributed by atoms with Crippen LogP contribution in [0.2, 0.25) is 0 Å². The summed E-state index contributed by atoms with van der Waals surface area (Å²) >= 11 is 5.09. The highest BCUT2D eigenvalue weighted by Crippen LogP contribution is 2.25. The van der Waals surface area contributed by atoms with Crippen LogP contribution >= 0.6 is 12.2 Å². The zero-order chi connectivity index (χ0) is 14.7. The molecule has 0 aromatic carbocycles. The lowest BCUT2D eigenvalue weighted by atomic mass is 10.1. The van der Waals surface area contributed by atoms with Crippen LogP contribution in [0.25, 0.3) is 0 Å². The van der Waals surface area contributed by atoms with Crippen molar-refractivity contribution in [3.63, 3.8) is 0 Å². The average molecular weight is 292 g/mol. The summed E-state index contributed by atoms with van der Waals surface area (Å²) in [6.45, 7) is 4.28. The fourth-order valence-corrected chi connectivity index (χ4v) is 2.52. The second-order valence-corrected chi connectivity index (χ2v) is 5.41. The number of aryl methyl sites for hydroxylation is 2. The van der Waals surface area contributed by atoms with E-state index in [1.165, 1.54) is 5.56 Å². The molecule has 0 bridgehead atoms. The Morgan fingerprint density at radius 1 is 1.55 bits per heavy atom. The molecule has 2 rings (SSSR count). The molecular weight excluding hydrogens is 272 g/mol. The van der Waals surface area contributed by atoms with Crippen molar-refractivity contribution in [2.45, 2.75) is 39.2 Å². The van der Waals surface area contributed by atoms with Crippen molar-refractivity contribution in [3.8, 4) is 0 Å². The van der Waals surface area contributed by atoms with Gasteiger partial charge in [-0.25, -0.2) is 4.98 Å². The maximum absolute atomic E-state index is 11.8. The van der Waals surface area contributed by atoms with Crippen LogP contribution in [0, 0.1) is 0 Å². The molecule has 0 fully saturated rings. The van der Waals surface area contributed by atoms with E-state index in [2.05, 4.69) is 15.6 Å². The number of hydrogen-bond acceptors (Lipinski definition) is 4. The lowest BCUT2D eigenvalue weighted by Gasteiger charge is -2.17. The van der Waals surface area contributed by atoms with Gasteiger partial charge in [-0.2, -0.15) is 0 Å². The molecule has 1 aliphatic carbocycles. The maximum atomic E-state index is 11.8. The molecule has 20 heavy (non-hydrogen) atoms. The van der Waals surface area contributed by atoms with Crippen LogP contribution in [0.4, 0.5) is 5.82 Å². The Morgan fingerprint density at radius 3 is 2.95 bits per heavy atom. The van der Waals surface area contributed by atoms with Crippen LogP contribution in [0.3, 0.4) is 0 Å². The third-order valence-electron chi connectivity index (χ3n) is 3.41. The van der Waals surface area contributed by atoms with Crippen molar-refractivity contribution in [3.05, 3.63) is 22.9 Å². The lowest BCUT2D eigenvalue weighted by Crippen LogP contribution is -2.38. The number of hydrogen-bond donors (Lipinski definition) is 3. The molecule has 1 atom stereocenters. The quantitative estimate of drug-likeness (QED) is 0.709. The second-order valence-electron chi connectivity index (χ2n) is 4.97. The van der Waals surface area contributed by atoms with Gasteiger partial charge in [-0.05, 0) is 44.7 Å². The predicted molar refractivity (Wildman–Crippen MR) is 83.9 cm³/mol. The normalized spacial score (nSPS) is 14.5. The number of thiocarbonyl (C=S) groups is 1. The number of rotatable bonds is 5. The van der Waals surface area contributed by atoms with E-state index in [-0.39, 0.29) is 11.9 Å². The summed E-state index contributed by atoms with van der Waals surface area (Å²) in [7, 11) is 0. The Hall–Kier alpha value is -1.69. The predicted octanol–water partition coefficient (Wildman–Crippen LogP) is 1.14. The summed E-state index contributed by atoms with van der Waals surface area (Å²) in [6, 6.07) is 1.62. The summed E-state index contributed by atoms with van der Waals surface area (Å²) in [5.41, 5.74) is 8.78. The Morgan fingerprint density at radius 2 is 2.30 bits per heavy atom. The number of nitrogens with two attached hydrogens (primary N) is 1. The molecule has 1 aromatic rings. The summed E-state index contributed by atoms with van der Waals surface area (Å²) in [5.74, 6) is 0.542. The number of nitrogens with one attached hydrogen (secondary N) is 2. The Kier molecular flexibility index (Phi) is 4.54.